The Hall–Kier alpha value is -0.170. The number of hydrogen-bond acceptors (Lipinski definition) is 5. The van der Waals surface area contributed by atoms with Crippen LogP contribution in [0.2, 0.25) is 0 Å². The maximum atomic E-state index is 9.61. The lowest BCUT2D eigenvalue weighted by Gasteiger charge is -2.15. The van der Waals surface area contributed by atoms with Gasteiger partial charge in [-0.3, -0.25) is 4.98 Å². The van der Waals surface area contributed by atoms with Crippen LogP contribution in [0.4, 0.5) is 0 Å². The van der Waals surface area contributed by atoms with Crippen molar-refractivity contribution in [2.75, 3.05) is 5.75 Å². The SMILES string of the molecule is OC(CCS)C(O)c1cnc(Br)cn1. The van der Waals surface area contributed by atoms with Gasteiger partial charge in [-0.2, -0.15) is 12.6 Å². The molecule has 1 aromatic rings. The van der Waals surface area contributed by atoms with Crippen LogP contribution < -0.4 is 0 Å². The van der Waals surface area contributed by atoms with E-state index >= 15 is 0 Å². The third kappa shape index (κ3) is 3.20. The summed E-state index contributed by atoms with van der Waals surface area (Å²) in [5, 5.41) is 19.1. The summed E-state index contributed by atoms with van der Waals surface area (Å²) in [7, 11) is 0. The highest BCUT2D eigenvalue weighted by atomic mass is 79.9. The van der Waals surface area contributed by atoms with Gasteiger partial charge in [0.15, 0.2) is 0 Å². The molecule has 0 aliphatic carbocycles. The monoisotopic (exact) mass is 278 g/mol. The molecule has 1 heterocycles. The average Bonchev–Trinajstić information content (AvgIpc) is 2.18. The van der Waals surface area contributed by atoms with Crippen LogP contribution in [0.3, 0.4) is 0 Å². The number of rotatable bonds is 4. The molecule has 0 saturated heterocycles. The summed E-state index contributed by atoms with van der Waals surface area (Å²) in [5.41, 5.74) is 0.363. The number of nitrogens with zero attached hydrogens (tertiary/aromatic N) is 2. The summed E-state index contributed by atoms with van der Waals surface area (Å²) in [4.78, 5) is 7.84. The minimum Gasteiger partial charge on any atom is -0.390 e. The zero-order chi connectivity index (χ0) is 10.6. The smallest absolute Gasteiger partial charge is 0.124 e. The van der Waals surface area contributed by atoms with Crippen molar-refractivity contribution >= 4 is 28.6 Å². The molecule has 0 saturated carbocycles. The number of thiol groups is 1. The molecule has 4 nitrogen and oxygen atoms in total. The van der Waals surface area contributed by atoms with Gasteiger partial charge in [0.05, 0.1) is 24.2 Å². The Balaban J connectivity index is 2.68. The van der Waals surface area contributed by atoms with Gasteiger partial charge in [0.1, 0.15) is 10.7 Å². The van der Waals surface area contributed by atoms with Crippen molar-refractivity contribution in [1.82, 2.24) is 9.97 Å². The van der Waals surface area contributed by atoms with Crippen LogP contribution in [-0.2, 0) is 0 Å². The molecule has 0 aliphatic heterocycles. The van der Waals surface area contributed by atoms with Gasteiger partial charge in [-0.1, -0.05) is 0 Å². The highest BCUT2D eigenvalue weighted by molar-refractivity contribution is 9.10. The van der Waals surface area contributed by atoms with E-state index in [1.165, 1.54) is 12.4 Å². The fraction of sp³-hybridized carbons (Fsp3) is 0.500. The fourth-order valence-corrected chi connectivity index (χ4v) is 1.43. The first-order valence-electron chi connectivity index (χ1n) is 4.09. The predicted molar refractivity (Wildman–Crippen MR) is 59.2 cm³/mol. The molecule has 2 atom stereocenters. The van der Waals surface area contributed by atoms with Crippen LogP contribution in [0.1, 0.15) is 18.2 Å². The lowest BCUT2D eigenvalue weighted by Crippen LogP contribution is -2.19. The van der Waals surface area contributed by atoms with Gasteiger partial charge in [-0.25, -0.2) is 4.98 Å². The van der Waals surface area contributed by atoms with Crippen molar-refractivity contribution in [2.45, 2.75) is 18.6 Å². The third-order valence-corrected chi connectivity index (χ3v) is 2.40. The molecule has 0 bridgehead atoms. The zero-order valence-electron chi connectivity index (χ0n) is 7.34. The van der Waals surface area contributed by atoms with Gasteiger partial charge in [0.2, 0.25) is 0 Å². The quantitative estimate of drug-likeness (QED) is 0.718. The summed E-state index contributed by atoms with van der Waals surface area (Å²) >= 11 is 7.10. The molecule has 2 unspecified atom stereocenters. The van der Waals surface area contributed by atoms with Crippen molar-refractivity contribution in [1.29, 1.82) is 0 Å². The molecule has 1 aromatic heterocycles. The standard InChI is InChI=1S/C8H11BrN2O2S/c9-7-4-10-5(3-11-7)8(13)6(12)1-2-14/h3-4,6,8,12-14H,1-2H2. The fourth-order valence-electron chi connectivity index (χ4n) is 0.962. The molecule has 78 valence electrons. The Labute approximate surface area is 95.9 Å². The number of aliphatic hydroxyl groups is 2. The van der Waals surface area contributed by atoms with Crippen LogP contribution in [0, 0.1) is 0 Å². The first-order valence-corrected chi connectivity index (χ1v) is 5.52. The minimum atomic E-state index is -0.997. The topological polar surface area (TPSA) is 66.2 Å². The van der Waals surface area contributed by atoms with Crippen LogP contribution in [0.5, 0.6) is 0 Å². The molecule has 0 aromatic carbocycles. The number of halogens is 1. The Morgan fingerprint density at radius 3 is 2.57 bits per heavy atom. The number of hydrogen-bond donors (Lipinski definition) is 3. The molecular weight excluding hydrogens is 268 g/mol. The molecule has 0 spiro atoms. The zero-order valence-corrected chi connectivity index (χ0v) is 9.82. The molecule has 2 N–H and O–H groups in total. The molecule has 0 aliphatic rings. The summed E-state index contributed by atoms with van der Waals surface area (Å²) in [5.74, 6) is 0.516. The van der Waals surface area contributed by atoms with Crippen LogP contribution in [-0.4, -0.2) is 32.0 Å². The van der Waals surface area contributed by atoms with Crippen LogP contribution in [0.15, 0.2) is 17.0 Å². The summed E-state index contributed by atoms with van der Waals surface area (Å²) in [6.07, 6.45) is 1.48. The van der Waals surface area contributed by atoms with E-state index in [9.17, 15) is 10.2 Å². The first-order chi connectivity index (χ1) is 6.65. The van der Waals surface area contributed by atoms with E-state index in [2.05, 4.69) is 38.5 Å². The molecule has 1 rings (SSSR count). The van der Waals surface area contributed by atoms with E-state index in [0.29, 0.717) is 22.5 Å². The van der Waals surface area contributed by atoms with Gasteiger partial charge in [0.25, 0.3) is 0 Å². The van der Waals surface area contributed by atoms with Crippen LogP contribution in [0.25, 0.3) is 0 Å². The van der Waals surface area contributed by atoms with Crippen molar-refractivity contribution in [3.8, 4) is 0 Å². The van der Waals surface area contributed by atoms with E-state index < -0.39 is 12.2 Å². The van der Waals surface area contributed by atoms with E-state index in [0.717, 1.165) is 0 Å². The van der Waals surface area contributed by atoms with Gasteiger partial charge in [0, 0.05) is 0 Å². The highest BCUT2D eigenvalue weighted by Crippen LogP contribution is 2.17. The normalized spacial score (nSPS) is 15.1. The largest absolute Gasteiger partial charge is 0.390 e. The van der Waals surface area contributed by atoms with Crippen molar-refractivity contribution in [3.63, 3.8) is 0 Å². The summed E-state index contributed by atoms with van der Waals surface area (Å²) < 4.78 is 0.595. The Morgan fingerprint density at radius 2 is 2.07 bits per heavy atom. The highest BCUT2D eigenvalue weighted by Gasteiger charge is 2.18. The van der Waals surface area contributed by atoms with Crippen molar-refractivity contribution in [3.05, 3.63) is 22.7 Å². The molecule has 6 heteroatoms. The second-order valence-corrected chi connectivity index (χ2v) is 4.05. The molecule has 0 amide bonds. The lowest BCUT2D eigenvalue weighted by molar-refractivity contribution is 0.0144. The van der Waals surface area contributed by atoms with Crippen LogP contribution >= 0.6 is 28.6 Å². The molecule has 0 radical (unpaired) electrons. The van der Waals surface area contributed by atoms with Gasteiger partial charge < -0.3 is 10.2 Å². The van der Waals surface area contributed by atoms with Gasteiger partial charge >= 0.3 is 0 Å². The Kier molecular flexibility index (Phi) is 4.80. The number of aliphatic hydroxyl groups excluding tert-OH is 2. The van der Waals surface area contributed by atoms with E-state index in [1.807, 2.05) is 0 Å². The molecule has 14 heavy (non-hydrogen) atoms. The summed E-state index contributed by atoms with van der Waals surface area (Å²) in [6, 6.07) is 0. The predicted octanol–water partition coefficient (Wildman–Crippen LogP) is 0.953. The maximum absolute atomic E-state index is 9.61. The average molecular weight is 279 g/mol. The number of aromatic nitrogens is 2. The third-order valence-electron chi connectivity index (χ3n) is 1.73. The Morgan fingerprint density at radius 1 is 1.36 bits per heavy atom. The van der Waals surface area contributed by atoms with Gasteiger partial charge in [-0.15, -0.1) is 0 Å². The minimum absolute atomic E-state index is 0.363. The maximum Gasteiger partial charge on any atom is 0.124 e. The van der Waals surface area contributed by atoms with Crippen molar-refractivity contribution < 1.29 is 10.2 Å². The summed E-state index contributed by atoms with van der Waals surface area (Å²) in [6.45, 7) is 0. The van der Waals surface area contributed by atoms with Crippen molar-refractivity contribution in [2.24, 2.45) is 0 Å². The second-order valence-electron chi connectivity index (χ2n) is 2.79. The lowest BCUT2D eigenvalue weighted by atomic mass is 10.1. The van der Waals surface area contributed by atoms with Gasteiger partial charge in [-0.05, 0) is 28.1 Å². The molecule has 0 fully saturated rings. The first kappa shape index (κ1) is 11.9. The van der Waals surface area contributed by atoms with E-state index in [1.54, 1.807) is 0 Å². The Bertz CT molecular complexity index is 283. The van der Waals surface area contributed by atoms with E-state index in [4.69, 9.17) is 0 Å². The second kappa shape index (κ2) is 5.65. The molecular formula is C8H11BrN2O2S. The van der Waals surface area contributed by atoms with E-state index in [-0.39, 0.29) is 0 Å².